The molecule has 0 fully saturated rings. The van der Waals surface area contributed by atoms with Gasteiger partial charge in [0.15, 0.2) is 0 Å². The quantitative estimate of drug-likeness (QED) is 0.697. The first-order valence-electron chi connectivity index (χ1n) is 8.38. The summed E-state index contributed by atoms with van der Waals surface area (Å²) in [5.74, 6) is 0.631. The number of alkyl halides is 1. The van der Waals surface area contributed by atoms with Gasteiger partial charge in [0.05, 0.1) is 5.69 Å². The molecule has 0 aromatic heterocycles. The number of ether oxygens (including phenoxy) is 1. The monoisotopic (exact) mass is 359 g/mol. The molecule has 2 aromatic carbocycles. The smallest absolute Gasteiger partial charge is 0.241 e. The van der Waals surface area contributed by atoms with Gasteiger partial charge in [-0.25, -0.2) is 0 Å². The third-order valence-corrected chi connectivity index (χ3v) is 4.40. The van der Waals surface area contributed by atoms with Gasteiger partial charge < -0.3 is 9.64 Å². The van der Waals surface area contributed by atoms with Crippen molar-refractivity contribution in [2.24, 2.45) is 0 Å². The summed E-state index contributed by atoms with van der Waals surface area (Å²) in [6, 6.07) is 14.0. The van der Waals surface area contributed by atoms with Crippen molar-refractivity contribution in [1.29, 1.82) is 0 Å². The van der Waals surface area contributed by atoms with E-state index in [1.54, 1.807) is 11.9 Å². The highest BCUT2D eigenvalue weighted by Gasteiger charge is 2.24. The van der Waals surface area contributed by atoms with Crippen molar-refractivity contribution in [3.8, 4) is 5.75 Å². The zero-order chi connectivity index (χ0) is 18.6. The molecule has 0 radical (unpaired) electrons. The van der Waals surface area contributed by atoms with Gasteiger partial charge in [0.25, 0.3) is 0 Å². The molecule has 0 unspecified atom stereocenters. The van der Waals surface area contributed by atoms with E-state index < -0.39 is 0 Å². The summed E-state index contributed by atoms with van der Waals surface area (Å²) in [5, 5.41) is 0. The summed E-state index contributed by atoms with van der Waals surface area (Å²) >= 11 is 5.78. The van der Waals surface area contributed by atoms with Crippen molar-refractivity contribution >= 4 is 23.2 Å². The summed E-state index contributed by atoms with van der Waals surface area (Å²) in [7, 11) is 1.77. The minimum atomic E-state index is -0.130. The van der Waals surface area contributed by atoms with Crippen molar-refractivity contribution in [1.82, 2.24) is 0 Å². The second-order valence-corrected chi connectivity index (χ2v) is 7.52. The molecule has 0 atom stereocenters. The Labute approximate surface area is 155 Å². The van der Waals surface area contributed by atoms with Gasteiger partial charge in [-0.15, -0.1) is 11.6 Å². The van der Waals surface area contributed by atoms with E-state index in [0.717, 1.165) is 22.6 Å². The van der Waals surface area contributed by atoms with Crippen LogP contribution in [0.1, 0.15) is 37.5 Å². The Hall–Kier alpha value is -2.00. The zero-order valence-electron chi connectivity index (χ0n) is 15.6. The maximum absolute atomic E-state index is 12.2. The van der Waals surface area contributed by atoms with Gasteiger partial charge in [0.2, 0.25) is 5.91 Å². The molecule has 0 spiro atoms. The topological polar surface area (TPSA) is 29.5 Å². The summed E-state index contributed by atoms with van der Waals surface area (Å²) in [6.45, 7) is 8.84. The van der Waals surface area contributed by atoms with E-state index in [4.69, 9.17) is 16.3 Å². The van der Waals surface area contributed by atoms with Crippen LogP contribution in [0, 0.1) is 6.92 Å². The summed E-state index contributed by atoms with van der Waals surface area (Å²) < 4.78 is 5.95. The number of benzene rings is 2. The number of rotatable bonds is 5. The molecule has 134 valence electrons. The van der Waals surface area contributed by atoms with Crippen molar-refractivity contribution in [3.63, 3.8) is 0 Å². The molecule has 1 amide bonds. The number of anilines is 1. The van der Waals surface area contributed by atoms with Crippen LogP contribution in [0.3, 0.4) is 0 Å². The molecule has 2 rings (SSSR count). The number of amides is 1. The summed E-state index contributed by atoms with van der Waals surface area (Å²) in [5.41, 5.74) is 4.03. The van der Waals surface area contributed by atoms with E-state index in [9.17, 15) is 4.79 Å². The van der Waals surface area contributed by atoms with Crippen LogP contribution < -0.4 is 9.64 Å². The molecule has 0 saturated heterocycles. The molecule has 0 bridgehead atoms. The second kappa shape index (κ2) is 7.92. The van der Waals surface area contributed by atoms with E-state index in [1.807, 2.05) is 43.3 Å². The van der Waals surface area contributed by atoms with Crippen LogP contribution in [0.5, 0.6) is 5.75 Å². The zero-order valence-corrected chi connectivity index (χ0v) is 16.4. The maximum atomic E-state index is 12.2. The molecule has 3 nitrogen and oxygen atoms in total. The third kappa shape index (κ3) is 4.76. The summed E-state index contributed by atoms with van der Waals surface area (Å²) in [6.07, 6.45) is 0. The van der Waals surface area contributed by atoms with Gasteiger partial charge in [-0.05, 0) is 30.0 Å². The lowest BCUT2D eigenvalue weighted by Crippen LogP contribution is -2.31. The molecule has 2 aromatic rings. The van der Waals surface area contributed by atoms with Crippen LogP contribution in [0.2, 0.25) is 0 Å². The Morgan fingerprint density at radius 1 is 1.12 bits per heavy atom. The lowest BCUT2D eigenvalue weighted by Gasteiger charge is -2.29. The lowest BCUT2D eigenvalue weighted by molar-refractivity contribution is -0.116. The van der Waals surface area contributed by atoms with E-state index in [0.29, 0.717) is 6.61 Å². The Kier molecular flexibility index (Phi) is 6.12. The number of hydrogen-bond donors (Lipinski definition) is 0. The predicted molar refractivity (Wildman–Crippen MR) is 105 cm³/mol. The Morgan fingerprint density at radius 2 is 1.76 bits per heavy atom. The molecule has 0 aliphatic carbocycles. The highest BCUT2D eigenvalue weighted by molar-refractivity contribution is 6.29. The normalized spacial score (nSPS) is 11.3. The molecular weight excluding hydrogens is 334 g/mol. The first-order chi connectivity index (χ1) is 11.7. The van der Waals surface area contributed by atoms with Crippen molar-refractivity contribution < 1.29 is 9.53 Å². The molecule has 0 aliphatic rings. The van der Waals surface area contributed by atoms with Gasteiger partial charge in [0.1, 0.15) is 18.2 Å². The number of carbonyl (C=O) groups excluding carboxylic acids is 1. The van der Waals surface area contributed by atoms with Crippen LogP contribution >= 0.6 is 11.6 Å². The van der Waals surface area contributed by atoms with Crippen molar-refractivity contribution in [2.75, 3.05) is 17.8 Å². The van der Waals surface area contributed by atoms with Crippen LogP contribution in [0.25, 0.3) is 0 Å². The van der Waals surface area contributed by atoms with Crippen LogP contribution in [-0.4, -0.2) is 18.8 Å². The summed E-state index contributed by atoms with van der Waals surface area (Å²) in [4.78, 5) is 13.8. The minimum absolute atomic E-state index is 0.0484. The van der Waals surface area contributed by atoms with E-state index in [2.05, 4.69) is 26.8 Å². The number of carbonyl (C=O) groups is 1. The molecule has 0 heterocycles. The first-order valence-corrected chi connectivity index (χ1v) is 8.92. The minimum Gasteiger partial charge on any atom is -0.489 e. The fraction of sp³-hybridized carbons (Fsp3) is 0.381. The first kappa shape index (κ1) is 19.3. The van der Waals surface area contributed by atoms with Gasteiger partial charge in [-0.2, -0.15) is 0 Å². The molecule has 25 heavy (non-hydrogen) atoms. The highest BCUT2D eigenvalue weighted by atomic mass is 35.5. The van der Waals surface area contributed by atoms with Crippen molar-refractivity contribution in [2.45, 2.75) is 39.7 Å². The number of para-hydroxylation sites is 1. The SMILES string of the molecule is Cc1ccc(OCc2cccc(C(C)(C)C)c2N(C)C(=O)CCl)cc1. The van der Waals surface area contributed by atoms with E-state index in [-0.39, 0.29) is 17.2 Å². The lowest BCUT2D eigenvalue weighted by atomic mass is 9.84. The van der Waals surface area contributed by atoms with E-state index in [1.165, 1.54) is 5.56 Å². The van der Waals surface area contributed by atoms with Crippen LogP contribution in [0.15, 0.2) is 42.5 Å². The number of hydrogen-bond acceptors (Lipinski definition) is 2. The molecule has 0 saturated carbocycles. The van der Waals surface area contributed by atoms with Gasteiger partial charge in [-0.1, -0.05) is 56.7 Å². The van der Waals surface area contributed by atoms with Gasteiger partial charge >= 0.3 is 0 Å². The fourth-order valence-electron chi connectivity index (χ4n) is 2.72. The van der Waals surface area contributed by atoms with Gasteiger partial charge in [-0.3, -0.25) is 4.79 Å². The Bertz CT molecular complexity index is 733. The number of nitrogens with zero attached hydrogens (tertiary/aromatic N) is 1. The molecule has 0 aliphatic heterocycles. The Morgan fingerprint density at radius 3 is 2.32 bits per heavy atom. The molecule has 4 heteroatoms. The number of aryl methyl sites for hydroxylation is 1. The second-order valence-electron chi connectivity index (χ2n) is 7.25. The largest absolute Gasteiger partial charge is 0.489 e. The third-order valence-electron chi connectivity index (χ3n) is 4.17. The molecule has 0 N–H and O–H groups in total. The predicted octanol–water partition coefficient (Wildman–Crippen LogP) is 5.07. The molecular formula is C21H26ClNO2. The van der Waals surface area contributed by atoms with E-state index >= 15 is 0 Å². The maximum Gasteiger partial charge on any atom is 0.241 e. The van der Waals surface area contributed by atoms with Crippen LogP contribution in [-0.2, 0) is 16.8 Å². The fourth-order valence-corrected chi connectivity index (χ4v) is 2.90. The van der Waals surface area contributed by atoms with Crippen molar-refractivity contribution in [3.05, 3.63) is 59.2 Å². The highest BCUT2D eigenvalue weighted by Crippen LogP contribution is 2.35. The van der Waals surface area contributed by atoms with Gasteiger partial charge in [0, 0.05) is 12.6 Å². The van der Waals surface area contributed by atoms with Crippen LogP contribution in [0.4, 0.5) is 5.69 Å². The standard InChI is InChI=1S/C21H26ClNO2/c1-15-9-11-17(12-10-15)25-14-16-7-6-8-18(21(2,3)4)20(16)23(5)19(24)13-22/h6-12H,13-14H2,1-5H3. The average molecular weight is 360 g/mol. The average Bonchev–Trinajstić information content (AvgIpc) is 2.58. The number of halogens is 1. The Balaban J connectivity index is 2.39.